The van der Waals surface area contributed by atoms with Crippen molar-refractivity contribution >= 4 is 12.2 Å². The summed E-state index contributed by atoms with van der Waals surface area (Å²) in [6.07, 6.45) is 8.31. The van der Waals surface area contributed by atoms with Gasteiger partial charge in [-0.05, 0) is 11.1 Å². The molecule has 0 aliphatic rings. The maximum atomic E-state index is 2.10. The zero-order valence-electron chi connectivity index (χ0n) is 9.08. The van der Waals surface area contributed by atoms with Gasteiger partial charge in [0.05, 0.1) is 0 Å². The predicted molar refractivity (Wildman–Crippen MR) is 71.0 cm³/mol. The van der Waals surface area contributed by atoms with Gasteiger partial charge in [-0.3, -0.25) is 0 Å². The first-order valence-electron chi connectivity index (χ1n) is 5.40. The highest BCUT2D eigenvalue weighted by Crippen LogP contribution is 2.03. The van der Waals surface area contributed by atoms with Crippen LogP contribution in [0.15, 0.2) is 72.8 Å². The summed E-state index contributed by atoms with van der Waals surface area (Å²) in [7, 11) is 0. The highest BCUT2D eigenvalue weighted by molar-refractivity contribution is 5.56. The van der Waals surface area contributed by atoms with E-state index in [1.165, 1.54) is 11.1 Å². The van der Waals surface area contributed by atoms with Crippen LogP contribution in [0.4, 0.5) is 0 Å². The van der Waals surface area contributed by atoms with Crippen LogP contribution in [-0.2, 0) is 0 Å². The van der Waals surface area contributed by atoms with E-state index in [2.05, 4.69) is 48.6 Å². The van der Waals surface area contributed by atoms with E-state index in [9.17, 15) is 0 Å². The minimum atomic E-state index is 1.22. The van der Waals surface area contributed by atoms with Crippen LogP contribution in [0.3, 0.4) is 0 Å². The van der Waals surface area contributed by atoms with E-state index in [0.29, 0.717) is 0 Å². The second kappa shape index (κ2) is 5.72. The summed E-state index contributed by atoms with van der Waals surface area (Å²) in [6.45, 7) is 0. The van der Waals surface area contributed by atoms with Crippen molar-refractivity contribution in [1.29, 1.82) is 0 Å². The van der Waals surface area contributed by atoms with Gasteiger partial charge in [0, 0.05) is 0 Å². The van der Waals surface area contributed by atoms with Crippen LogP contribution < -0.4 is 0 Å². The maximum Gasteiger partial charge on any atom is -0.0257 e. The fourth-order valence-corrected chi connectivity index (χ4v) is 1.46. The van der Waals surface area contributed by atoms with Crippen LogP contribution in [0.5, 0.6) is 0 Å². The Morgan fingerprint density at radius 1 is 0.500 bits per heavy atom. The molecular weight excluding hydrogens is 192 g/mol. The first-order chi connectivity index (χ1) is 7.95. The fourth-order valence-electron chi connectivity index (χ4n) is 1.46. The monoisotopic (exact) mass is 206 g/mol. The summed E-state index contributed by atoms with van der Waals surface area (Å²) in [5.41, 5.74) is 2.44. The molecule has 0 atom stereocenters. The topological polar surface area (TPSA) is 0 Å². The van der Waals surface area contributed by atoms with E-state index in [-0.39, 0.29) is 0 Å². The minimum Gasteiger partial charge on any atom is -0.0622 e. The molecule has 2 aromatic rings. The second-order valence-electron chi connectivity index (χ2n) is 3.54. The van der Waals surface area contributed by atoms with Crippen molar-refractivity contribution in [3.63, 3.8) is 0 Å². The lowest BCUT2D eigenvalue weighted by Crippen LogP contribution is -1.68. The largest absolute Gasteiger partial charge is 0.0622 e. The van der Waals surface area contributed by atoms with Crippen molar-refractivity contribution in [3.8, 4) is 0 Å². The smallest absolute Gasteiger partial charge is 0.0257 e. The Labute approximate surface area is 96.6 Å². The Morgan fingerprint density at radius 3 is 1.25 bits per heavy atom. The molecule has 0 aromatic heterocycles. The Balaban J connectivity index is 1.98. The molecule has 2 aromatic carbocycles. The van der Waals surface area contributed by atoms with Gasteiger partial charge in [0.1, 0.15) is 0 Å². The lowest BCUT2D eigenvalue weighted by Gasteiger charge is -1.90. The highest BCUT2D eigenvalue weighted by Gasteiger charge is 1.81. The molecule has 0 nitrogen and oxygen atoms in total. The lowest BCUT2D eigenvalue weighted by molar-refractivity contribution is 1.65. The molecule has 2 rings (SSSR count). The van der Waals surface area contributed by atoms with Crippen molar-refractivity contribution in [3.05, 3.63) is 83.9 Å². The van der Waals surface area contributed by atoms with Gasteiger partial charge < -0.3 is 0 Å². The van der Waals surface area contributed by atoms with Gasteiger partial charge in [-0.2, -0.15) is 0 Å². The molecule has 16 heavy (non-hydrogen) atoms. The van der Waals surface area contributed by atoms with Crippen molar-refractivity contribution in [2.75, 3.05) is 0 Å². The standard InChI is InChI=1S/C16H14/c1-3-9-15(10-4-1)13-7-8-14-16-11-5-2-6-12-16/h1-14H/b13-7-,14-8+. The molecule has 0 aliphatic carbocycles. The fraction of sp³-hybridized carbons (Fsp3) is 0. The van der Waals surface area contributed by atoms with E-state index < -0.39 is 0 Å². The van der Waals surface area contributed by atoms with E-state index in [1.807, 2.05) is 36.4 Å². The average Bonchev–Trinajstić information content (AvgIpc) is 2.37. The normalized spacial score (nSPS) is 11.2. The molecular formula is C16H14. The molecule has 0 saturated heterocycles. The number of benzene rings is 2. The van der Waals surface area contributed by atoms with Crippen LogP contribution in [0.1, 0.15) is 11.1 Å². The molecule has 0 amide bonds. The molecule has 0 unspecified atom stereocenters. The van der Waals surface area contributed by atoms with E-state index in [1.54, 1.807) is 0 Å². The van der Waals surface area contributed by atoms with Gasteiger partial charge in [-0.25, -0.2) is 0 Å². The SMILES string of the molecule is C(=C/c1ccccc1)/C=C/c1ccccc1. The summed E-state index contributed by atoms with van der Waals surface area (Å²) in [6, 6.07) is 20.6. The zero-order valence-corrected chi connectivity index (χ0v) is 9.08. The van der Waals surface area contributed by atoms with Gasteiger partial charge in [-0.15, -0.1) is 0 Å². The lowest BCUT2D eigenvalue weighted by atomic mass is 10.2. The molecule has 0 fully saturated rings. The molecule has 78 valence electrons. The molecule has 0 saturated carbocycles. The van der Waals surface area contributed by atoms with E-state index >= 15 is 0 Å². The number of hydrogen-bond acceptors (Lipinski definition) is 0. The molecule has 0 radical (unpaired) electrons. The van der Waals surface area contributed by atoms with E-state index in [4.69, 9.17) is 0 Å². The summed E-state index contributed by atoms with van der Waals surface area (Å²) in [4.78, 5) is 0. The van der Waals surface area contributed by atoms with Gasteiger partial charge in [0.25, 0.3) is 0 Å². The summed E-state index contributed by atoms with van der Waals surface area (Å²) in [5, 5.41) is 0. The van der Waals surface area contributed by atoms with Crippen molar-refractivity contribution in [1.82, 2.24) is 0 Å². The first-order valence-corrected chi connectivity index (χ1v) is 5.40. The van der Waals surface area contributed by atoms with Crippen molar-refractivity contribution in [2.45, 2.75) is 0 Å². The highest BCUT2D eigenvalue weighted by atomic mass is 13.9. The molecule has 0 spiro atoms. The maximum absolute atomic E-state index is 2.10. The van der Waals surface area contributed by atoms with Crippen LogP contribution in [0, 0.1) is 0 Å². The predicted octanol–water partition coefficient (Wildman–Crippen LogP) is 4.41. The molecule has 0 bridgehead atoms. The third kappa shape index (κ3) is 3.25. The summed E-state index contributed by atoms with van der Waals surface area (Å²) < 4.78 is 0. The third-order valence-electron chi connectivity index (χ3n) is 2.29. The van der Waals surface area contributed by atoms with Gasteiger partial charge >= 0.3 is 0 Å². The zero-order chi connectivity index (χ0) is 11.1. The molecule has 0 heterocycles. The quantitative estimate of drug-likeness (QED) is 0.652. The van der Waals surface area contributed by atoms with Gasteiger partial charge in [-0.1, -0.05) is 85.0 Å². The summed E-state index contributed by atoms with van der Waals surface area (Å²) >= 11 is 0. The van der Waals surface area contributed by atoms with Crippen LogP contribution in [-0.4, -0.2) is 0 Å². The molecule has 0 aliphatic heterocycles. The van der Waals surface area contributed by atoms with Gasteiger partial charge in [0.15, 0.2) is 0 Å². The van der Waals surface area contributed by atoms with Crippen LogP contribution >= 0.6 is 0 Å². The second-order valence-corrected chi connectivity index (χ2v) is 3.54. The third-order valence-corrected chi connectivity index (χ3v) is 2.29. The Bertz CT molecular complexity index is 416. The Hall–Kier alpha value is -2.08. The Kier molecular flexibility index (Phi) is 3.73. The average molecular weight is 206 g/mol. The number of hydrogen-bond donors (Lipinski definition) is 0. The Morgan fingerprint density at radius 2 is 0.875 bits per heavy atom. The van der Waals surface area contributed by atoms with Crippen LogP contribution in [0.2, 0.25) is 0 Å². The first kappa shape index (κ1) is 10.4. The van der Waals surface area contributed by atoms with Crippen LogP contribution in [0.25, 0.3) is 12.2 Å². The number of allylic oxidation sites excluding steroid dienone is 2. The molecule has 0 heteroatoms. The van der Waals surface area contributed by atoms with E-state index in [0.717, 1.165) is 0 Å². The number of rotatable bonds is 3. The van der Waals surface area contributed by atoms with Crippen molar-refractivity contribution < 1.29 is 0 Å². The molecule has 0 N–H and O–H groups in total. The minimum absolute atomic E-state index is 1.22. The van der Waals surface area contributed by atoms with Gasteiger partial charge in [0.2, 0.25) is 0 Å². The van der Waals surface area contributed by atoms with Crippen molar-refractivity contribution in [2.24, 2.45) is 0 Å². The summed E-state index contributed by atoms with van der Waals surface area (Å²) in [5.74, 6) is 0.